The van der Waals surface area contributed by atoms with Gasteiger partial charge in [-0.3, -0.25) is 4.79 Å². The van der Waals surface area contributed by atoms with Gasteiger partial charge in [-0.25, -0.2) is 4.79 Å². The molecule has 1 unspecified atom stereocenters. The van der Waals surface area contributed by atoms with Crippen molar-refractivity contribution in [2.24, 2.45) is 5.92 Å². The monoisotopic (exact) mass is 294 g/mol. The minimum atomic E-state index is -0.817. The Morgan fingerprint density at radius 1 is 1.05 bits per heavy atom. The largest absolute Gasteiger partial charge is 0.481 e. The van der Waals surface area contributed by atoms with Gasteiger partial charge in [-0.15, -0.1) is 0 Å². The van der Waals surface area contributed by atoms with Gasteiger partial charge in [0.15, 0.2) is 0 Å². The van der Waals surface area contributed by atoms with Gasteiger partial charge in [0.05, 0.1) is 6.42 Å². The van der Waals surface area contributed by atoms with E-state index in [0.717, 1.165) is 32.2 Å². The quantitative estimate of drug-likeness (QED) is 0.848. The molecule has 0 aromatic rings. The highest BCUT2D eigenvalue weighted by Crippen LogP contribution is 2.37. The number of urea groups is 1. The summed E-state index contributed by atoms with van der Waals surface area (Å²) >= 11 is 0. The molecule has 2 aliphatic carbocycles. The number of carboxylic acids is 1. The first-order valence-electron chi connectivity index (χ1n) is 8.46. The van der Waals surface area contributed by atoms with E-state index < -0.39 is 5.97 Å². The van der Waals surface area contributed by atoms with Gasteiger partial charge in [0.1, 0.15) is 0 Å². The molecule has 2 amide bonds. The van der Waals surface area contributed by atoms with Gasteiger partial charge < -0.3 is 14.9 Å². The van der Waals surface area contributed by atoms with E-state index in [0.29, 0.717) is 24.5 Å². The van der Waals surface area contributed by atoms with Crippen molar-refractivity contribution in [3.05, 3.63) is 0 Å². The lowest BCUT2D eigenvalue weighted by Crippen LogP contribution is -2.48. The predicted octanol–water partition coefficient (Wildman–Crippen LogP) is 2.70. The summed E-state index contributed by atoms with van der Waals surface area (Å²) in [6.45, 7) is 1.23. The molecular weight excluding hydrogens is 268 g/mol. The van der Waals surface area contributed by atoms with Crippen molar-refractivity contribution < 1.29 is 14.7 Å². The van der Waals surface area contributed by atoms with E-state index in [9.17, 15) is 9.59 Å². The van der Waals surface area contributed by atoms with Crippen LogP contribution in [-0.4, -0.2) is 52.1 Å². The Bertz CT molecular complexity index is 402. The molecule has 0 bridgehead atoms. The third-order valence-corrected chi connectivity index (χ3v) is 5.29. The lowest BCUT2D eigenvalue weighted by molar-refractivity contribution is -0.137. The highest BCUT2D eigenvalue weighted by atomic mass is 16.4. The van der Waals surface area contributed by atoms with Crippen LogP contribution in [-0.2, 0) is 4.79 Å². The summed E-state index contributed by atoms with van der Waals surface area (Å²) < 4.78 is 0. The van der Waals surface area contributed by atoms with E-state index in [1.165, 1.54) is 25.7 Å². The average Bonchev–Trinajstić information content (AvgIpc) is 2.96. The fourth-order valence-electron chi connectivity index (χ4n) is 4.06. The van der Waals surface area contributed by atoms with Gasteiger partial charge in [0.25, 0.3) is 0 Å². The molecule has 2 saturated carbocycles. The van der Waals surface area contributed by atoms with Crippen molar-refractivity contribution in [1.82, 2.24) is 9.80 Å². The summed E-state index contributed by atoms with van der Waals surface area (Å²) in [7, 11) is 0. The van der Waals surface area contributed by atoms with E-state index in [4.69, 9.17) is 5.11 Å². The van der Waals surface area contributed by atoms with Crippen LogP contribution in [0.4, 0.5) is 4.79 Å². The van der Waals surface area contributed by atoms with E-state index in [1.54, 1.807) is 0 Å². The van der Waals surface area contributed by atoms with Gasteiger partial charge in [0.2, 0.25) is 0 Å². The average molecular weight is 294 g/mol. The molecule has 5 nitrogen and oxygen atoms in total. The number of nitrogens with zero attached hydrogens (tertiary/aromatic N) is 2. The van der Waals surface area contributed by atoms with Crippen LogP contribution in [0, 0.1) is 5.92 Å². The zero-order chi connectivity index (χ0) is 14.8. The molecule has 1 saturated heterocycles. The second kappa shape index (κ2) is 6.24. The van der Waals surface area contributed by atoms with E-state index >= 15 is 0 Å². The summed E-state index contributed by atoms with van der Waals surface area (Å²) in [4.78, 5) is 27.6. The van der Waals surface area contributed by atoms with Gasteiger partial charge in [-0.2, -0.15) is 0 Å². The Morgan fingerprint density at radius 2 is 1.76 bits per heavy atom. The zero-order valence-corrected chi connectivity index (χ0v) is 12.7. The number of likely N-dealkylation sites (tertiary alicyclic amines) is 1. The van der Waals surface area contributed by atoms with Crippen molar-refractivity contribution in [2.45, 2.75) is 69.9 Å². The summed E-state index contributed by atoms with van der Waals surface area (Å²) in [5.41, 5.74) is 0. The number of aliphatic carboxylic acids is 1. The first kappa shape index (κ1) is 14.7. The summed E-state index contributed by atoms with van der Waals surface area (Å²) in [6.07, 6.45) is 9.48. The van der Waals surface area contributed by atoms with Crippen molar-refractivity contribution in [3.63, 3.8) is 0 Å². The first-order valence-corrected chi connectivity index (χ1v) is 8.46. The van der Waals surface area contributed by atoms with Crippen molar-refractivity contribution in [3.8, 4) is 0 Å². The number of amides is 2. The lowest BCUT2D eigenvalue weighted by Gasteiger charge is -2.34. The third-order valence-electron chi connectivity index (χ3n) is 5.29. The molecule has 1 N–H and O–H groups in total. The molecule has 5 heteroatoms. The number of carbonyl (C=O) groups excluding carboxylic acids is 1. The second-order valence-corrected chi connectivity index (χ2v) is 6.80. The van der Waals surface area contributed by atoms with Crippen LogP contribution in [0.2, 0.25) is 0 Å². The number of hydrogen-bond acceptors (Lipinski definition) is 2. The summed E-state index contributed by atoms with van der Waals surface area (Å²) in [5.74, 6) is -0.140. The molecule has 0 aromatic heterocycles. The second-order valence-electron chi connectivity index (χ2n) is 6.80. The number of hydrogen-bond donors (Lipinski definition) is 1. The summed E-state index contributed by atoms with van der Waals surface area (Å²) in [6, 6.07) is 0.806. The van der Waals surface area contributed by atoms with Crippen molar-refractivity contribution >= 4 is 12.0 Å². The topological polar surface area (TPSA) is 60.9 Å². The van der Waals surface area contributed by atoms with Crippen LogP contribution in [0.3, 0.4) is 0 Å². The van der Waals surface area contributed by atoms with Crippen LogP contribution in [0.1, 0.15) is 57.8 Å². The Labute approximate surface area is 126 Å². The zero-order valence-electron chi connectivity index (χ0n) is 12.7. The highest BCUT2D eigenvalue weighted by molar-refractivity contribution is 5.77. The molecule has 0 spiro atoms. The maximum absolute atomic E-state index is 12.9. The molecule has 3 aliphatic rings. The maximum atomic E-state index is 12.9. The maximum Gasteiger partial charge on any atom is 0.320 e. The Hall–Kier alpha value is -1.26. The van der Waals surface area contributed by atoms with Crippen LogP contribution in [0.15, 0.2) is 0 Å². The molecule has 118 valence electrons. The van der Waals surface area contributed by atoms with E-state index in [-0.39, 0.29) is 12.5 Å². The molecule has 3 fully saturated rings. The van der Waals surface area contributed by atoms with Crippen LogP contribution >= 0.6 is 0 Å². The van der Waals surface area contributed by atoms with Gasteiger partial charge in [0, 0.05) is 25.2 Å². The van der Waals surface area contributed by atoms with Crippen molar-refractivity contribution in [2.75, 3.05) is 13.1 Å². The van der Waals surface area contributed by atoms with E-state index in [1.807, 2.05) is 4.90 Å². The first-order chi connectivity index (χ1) is 10.2. The molecule has 1 heterocycles. The third kappa shape index (κ3) is 3.33. The molecule has 1 atom stereocenters. The summed E-state index contributed by atoms with van der Waals surface area (Å²) in [5, 5.41) is 8.88. The Morgan fingerprint density at radius 3 is 2.38 bits per heavy atom. The number of rotatable bonds is 5. The SMILES string of the molecule is O=C(O)CCN(C(=O)N1CCCC1C1CCCC1)C1CC1. The minimum Gasteiger partial charge on any atom is -0.481 e. The number of carbonyl (C=O) groups is 2. The standard InChI is InChI=1S/C16H26N2O3/c19-15(20)9-11-17(13-7-8-13)16(21)18-10-3-6-14(18)12-4-1-2-5-12/h12-14H,1-11H2,(H,19,20). The predicted molar refractivity (Wildman–Crippen MR) is 79.1 cm³/mol. The molecule has 0 radical (unpaired) electrons. The smallest absolute Gasteiger partial charge is 0.320 e. The molecular formula is C16H26N2O3. The lowest BCUT2D eigenvalue weighted by atomic mass is 9.96. The van der Waals surface area contributed by atoms with Gasteiger partial charge in [-0.1, -0.05) is 12.8 Å². The fourth-order valence-corrected chi connectivity index (χ4v) is 4.06. The van der Waals surface area contributed by atoms with Crippen molar-refractivity contribution in [1.29, 1.82) is 0 Å². The molecule has 21 heavy (non-hydrogen) atoms. The van der Waals surface area contributed by atoms with Crippen LogP contribution in [0.25, 0.3) is 0 Å². The Balaban J connectivity index is 1.64. The molecule has 1 aliphatic heterocycles. The fraction of sp³-hybridized carbons (Fsp3) is 0.875. The minimum absolute atomic E-state index is 0.0597. The van der Waals surface area contributed by atoms with Crippen LogP contribution in [0.5, 0.6) is 0 Å². The van der Waals surface area contributed by atoms with Gasteiger partial charge >= 0.3 is 12.0 Å². The van der Waals surface area contributed by atoms with Gasteiger partial charge in [-0.05, 0) is 44.4 Å². The highest BCUT2D eigenvalue weighted by Gasteiger charge is 2.41. The van der Waals surface area contributed by atoms with E-state index in [2.05, 4.69) is 4.90 Å². The molecule has 0 aromatic carbocycles. The molecule has 3 rings (SSSR count). The van der Waals surface area contributed by atoms with Crippen LogP contribution < -0.4 is 0 Å². The number of carboxylic acid groups (broad SMARTS) is 1. The Kier molecular flexibility index (Phi) is 4.36. The normalized spacial score (nSPS) is 26.3.